The van der Waals surface area contributed by atoms with Crippen molar-refractivity contribution in [1.82, 2.24) is 5.32 Å². The van der Waals surface area contributed by atoms with E-state index in [-0.39, 0.29) is 5.91 Å². The fourth-order valence-corrected chi connectivity index (χ4v) is 3.04. The number of hydrogen-bond donors (Lipinski definition) is 1. The Bertz CT molecular complexity index is 576. The van der Waals surface area contributed by atoms with Crippen molar-refractivity contribution in [3.8, 4) is 6.07 Å². The molecule has 0 saturated heterocycles. The van der Waals surface area contributed by atoms with Gasteiger partial charge in [0.1, 0.15) is 17.4 Å². The highest BCUT2D eigenvalue weighted by molar-refractivity contribution is 5.98. The van der Waals surface area contributed by atoms with Crippen molar-refractivity contribution in [3.05, 3.63) is 35.3 Å². The Morgan fingerprint density at radius 2 is 2.09 bits per heavy atom. The van der Waals surface area contributed by atoms with Crippen LogP contribution in [0.15, 0.2) is 34.0 Å². The van der Waals surface area contributed by atoms with Crippen molar-refractivity contribution in [3.63, 3.8) is 0 Å². The molecule has 1 amide bonds. The third kappa shape index (κ3) is 4.00. The van der Waals surface area contributed by atoms with Gasteiger partial charge in [-0.2, -0.15) is 5.26 Å². The van der Waals surface area contributed by atoms with Crippen molar-refractivity contribution < 1.29 is 9.21 Å². The van der Waals surface area contributed by atoms with Crippen LogP contribution < -0.4 is 5.32 Å². The SMILES string of the molecule is CC(C)(C)C1CCC(=C(C#N)C(=O)NCc2ccco2)CC1. The van der Waals surface area contributed by atoms with Gasteiger partial charge in [-0.25, -0.2) is 0 Å². The lowest BCUT2D eigenvalue weighted by Crippen LogP contribution is -2.27. The Hall–Kier alpha value is -2.02. The highest BCUT2D eigenvalue weighted by Gasteiger charge is 2.29. The summed E-state index contributed by atoms with van der Waals surface area (Å²) in [5.74, 6) is 1.05. The molecule has 0 unspecified atom stereocenters. The molecule has 0 radical (unpaired) electrons. The van der Waals surface area contributed by atoms with Crippen molar-refractivity contribution in [2.75, 3.05) is 0 Å². The lowest BCUT2D eigenvalue weighted by atomic mass is 9.71. The molecular formula is C18H24N2O2. The van der Waals surface area contributed by atoms with Crippen molar-refractivity contribution in [2.24, 2.45) is 11.3 Å². The Kier molecular flexibility index (Phi) is 5.07. The van der Waals surface area contributed by atoms with Gasteiger partial charge in [0.25, 0.3) is 5.91 Å². The van der Waals surface area contributed by atoms with Crippen LogP contribution in [0.3, 0.4) is 0 Å². The third-order valence-electron chi connectivity index (χ3n) is 4.51. The topological polar surface area (TPSA) is 66.0 Å². The Labute approximate surface area is 132 Å². The van der Waals surface area contributed by atoms with E-state index in [0.29, 0.717) is 29.2 Å². The zero-order chi connectivity index (χ0) is 16.2. The minimum atomic E-state index is -0.289. The monoisotopic (exact) mass is 300 g/mol. The number of carbonyl (C=O) groups is 1. The van der Waals surface area contributed by atoms with Crippen LogP contribution in [0, 0.1) is 22.7 Å². The van der Waals surface area contributed by atoms with Gasteiger partial charge in [-0.05, 0) is 54.7 Å². The van der Waals surface area contributed by atoms with Crippen LogP contribution in [0.2, 0.25) is 0 Å². The summed E-state index contributed by atoms with van der Waals surface area (Å²) in [6.45, 7) is 7.09. The molecule has 0 atom stereocenters. The molecule has 0 aliphatic heterocycles. The molecule has 1 fully saturated rings. The highest BCUT2D eigenvalue weighted by atomic mass is 16.3. The van der Waals surface area contributed by atoms with Gasteiger partial charge < -0.3 is 9.73 Å². The number of amides is 1. The number of nitriles is 1. The molecule has 0 bridgehead atoms. The van der Waals surface area contributed by atoms with Crippen LogP contribution in [0.1, 0.15) is 52.2 Å². The summed E-state index contributed by atoms with van der Waals surface area (Å²) in [5, 5.41) is 12.1. The molecule has 22 heavy (non-hydrogen) atoms. The number of nitrogens with zero attached hydrogens (tertiary/aromatic N) is 1. The van der Waals surface area contributed by atoms with Crippen molar-refractivity contribution in [2.45, 2.75) is 53.0 Å². The normalized spacial score (nSPS) is 18.6. The first-order chi connectivity index (χ1) is 10.4. The highest BCUT2D eigenvalue weighted by Crippen LogP contribution is 2.40. The van der Waals surface area contributed by atoms with Crippen LogP contribution in [0.25, 0.3) is 0 Å². The average molecular weight is 300 g/mol. The molecule has 0 aromatic carbocycles. The molecule has 0 spiro atoms. The van der Waals surface area contributed by atoms with E-state index < -0.39 is 0 Å². The minimum absolute atomic E-state index is 0.289. The van der Waals surface area contributed by atoms with E-state index in [9.17, 15) is 10.1 Å². The van der Waals surface area contributed by atoms with Gasteiger partial charge in [-0.15, -0.1) is 0 Å². The van der Waals surface area contributed by atoms with Crippen LogP contribution in [-0.2, 0) is 11.3 Å². The molecule has 1 saturated carbocycles. The van der Waals surface area contributed by atoms with Gasteiger partial charge in [0.15, 0.2) is 0 Å². The zero-order valence-electron chi connectivity index (χ0n) is 13.6. The maximum Gasteiger partial charge on any atom is 0.262 e. The third-order valence-corrected chi connectivity index (χ3v) is 4.51. The Morgan fingerprint density at radius 1 is 1.41 bits per heavy atom. The summed E-state index contributed by atoms with van der Waals surface area (Å²) < 4.78 is 5.18. The molecule has 1 N–H and O–H groups in total. The van der Waals surface area contributed by atoms with E-state index in [1.54, 1.807) is 18.4 Å². The maximum absolute atomic E-state index is 12.2. The number of furan rings is 1. The zero-order valence-corrected chi connectivity index (χ0v) is 13.6. The van der Waals surface area contributed by atoms with E-state index in [1.807, 2.05) is 0 Å². The van der Waals surface area contributed by atoms with E-state index >= 15 is 0 Å². The standard InChI is InChI=1S/C18H24N2O2/c1-18(2,3)14-8-6-13(7-9-14)16(11-19)17(21)20-12-15-5-4-10-22-15/h4-5,10,14H,6-9,12H2,1-3H3,(H,20,21). The molecule has 1 aromatic rings. The van der Waals surface area contributed by atoms with E-state index in [1.165, 1.54) is 0 Å². The average Bonchev–Trinajstić information content (AvgIpc) is 2.99. The fraction of sp³-hybridized carbons (Fsp3) is 0.556. The maximum atomic E-state index is 12.2. The summed E-state index contributed by atoms with van der Waals surface area (Å²) in [6, 6.07) is 5.67. The second kappa shape index (κ2) is 6.83. The van der Waals surface area contributed by atoms with Gasteiger partial charge in [-0.3, -0.25) is 4.79 Å². The smallest absolute Gasteiger partial charge is 0.262 e. The molecule has 118 valence electrons. The number of hydrogen-bond acceptors (Lipinski definition) is 3. The summed E-state index contributed by atoms with van der Waals surface area (Å²) >= 11 is 0. The van der Waals surface area contributed by atoms with Crippen molar-refractivity contribution >= 4 is 5.91 Å². The molecule has 1 heterocycles. The van der Waals surface area contributed by atoms with Gasteiger partial charge >= 0.3 is 0 Å². The molecule has 4 nitrogen and oxygen atoms in total. The number of carbonyl (C=O) groups excluding carboxylic acids is 1. The summed E-state index contributed by atoms with van der Waals surface area (Å²) in [5.41, 5.74) is 1.58. The molecule has 1 aliphatic carbocycles. The summed E-state index contributed by atoms with van der Waals surface area (Å²) in [4.78, 5) is 12.2. The molecule has 1 aliphatic rings. The first-order valence-electron chi connectivity index (χ1n) is 7.84. The molecular weight excluding hydrogens is 276 g/mol. The number of rotatable bonds is 3. The Balaban J connectivity index is 1.99. The van der Waals surface area contributed by atoms with Crippen LogP contribution in [0.4, 0.5) is 0 Å². The van der Waals surface area contributed by atoms with Gasteiger partial charge in [0.05, 0.1) is 12.8 Å². The largest absolute Gasteiger partial charge is 0.467 e. The summed E-state index contributed by atoms with van der Waals surface area (Å²) in [6.07, 6.45) is 5.36. The van der Waals surface area contributed by atoms with Crippen LogP contribution in [-0.4, -0.2) is 5.91 Å². The van der Waals surface area contributed by atoms with E-state index in [4.69, 9.17) is 4.42 Å². The molecule has 1 aromatic heterocycles. The Morgan fingerprint density at radius 3 is 2.59 bits per heavy atom. The molecule has 4 heteroatoms. The van der Waals surface area contributed by atoms with Gasteiger partial charge in [-0.1, -0.05) is 20.8 Å². The van der Waals surface area contributed by atoms with Crippen LogP contribution >= 0.6 is 0 Å². The first-order valence-corrected chi connectivity index (χ1v) is 7.84. The van der Waals surface area contributed by atoms with Crippen molar-refractivity contribution in [1.29, 1.82) is 5.26 Å². The molecule has 2 rings (SSSR count). The predicted octanol–water partition coefficient (Wildman–Crippen LogP) is 3.95. The first kappa shape index (κ1) is 16.4. The minimum Gasteiger partial charge on any atom is -0.467 e. The van der Waals surface area contributed by atoms with Gasteiger partial charge in [0, 0.05) is 0 Å². The number of allylic oxidation sites excluding steroid dienone is 1. The quantitative estimate of drug-likeness (QED) is 0.679. The fourth-order valence-electron chi connectivity index (χ4n) is 3.04. The second-order valence-electron chi connectivity index (χ2n) is 6.99. The lowest BCUT2D eigenvalue weighted by molar-refractivity contribution is -0.117. The van der Waals surface area contributed by atoms with Crippen LogP contribution in [0.5, 0.6) is 0 Å². The predicted molar refractivity (Wildman–Crippen MR) is 84.6 cm³/mol. The lowest BCUT2D eigenvalue weighted by Gasteiger charge is -2.35. The van der Waals surface area contributed by atoms with E-state index in [0.717, 1.165) is 31.3 Å². The van der Waals surface area contributed by atoms with Gasteiger partial charge in [0.2, 0.25) is 0 Å². The summed E-state index contributed by atoms with van der Waals surface area (Å²) in [7, 11) is 0. The second-order valence-corrected chi connectivity index (χ2v) is 6.99. The number of nitrogens with one attached hydrogen (secondary N) is 1. The van der Waals surface area contributed by atoms with E-state index in [2.05, 4.69) is 32.2 Å².